The van der Waals surface area contributed by atoms with Crippen LogP contribution in [0.25, 0.3) is 0 Å². The Balaban J connectivity index is 2.15. The number of primary amides is 1. The molecule has 1 saturated heterocycles. The molecule has 1 aliphatic rings. The molecule has 1 aromatic carbocycles. The van der Waals surface area contributed by atoms with Gasteiger partial charge in [0, 0.05) is 6.54 Å². The summed E-state index contributed by atoms with van der Waals surface area (Å²) in [6.45, 7) is 8.45. The van der Waals surface area contributed by atoms with Crippen molar-refractivity contribution in [2.75, 3.05) is 13.2 Å². The number of amides is 2. The molecule has 0 radical (unpaired) electrons. The lowest BCUT2D eigenvalue weighted by Gasteiger charge is -2.45. The molecule has 138 valence electrons. The van der Waals surface area contributed by atoms with Crippen molar-refractivity contribution in [2.24, 2.45) is 17.1 Å². The van der Waals surface area contributed by atoms with Crippen molar-refractivity contribution in [3.63, 3.8) is 0 Å². The van der Waals surface area contributed by atoms with E-state index in [4.69, 9.17) is 22.1 Å². The fourth-order valence-corrected chi connectivity index (χ4v) is 3.83. The Bertz CT molecular complexity index is 634. The minimum Gasteiger partial charge on any atom is -0.482 e. The van der Waals surface area contributed by atoms with Crippen LogP contribution in [0.5, 0.6) is 5.75 Å². The second-order valence-electron chi connectivity index (χ2n) is 7.72. The lowest BCUT2D eigenvalue weighted by Crippen LogP contribution is -2.58. The van der Waals surface area contributed by atoms with Gasteiger partial charge < -0.3 is 15.4 Å². The molecule has 2 atom stereocenters. The molecular weight excluding hydrogens is 340 g/mol. The summed E-state index contributed by atoms with van der Waals surface area (Å²) in [5.74, 6) is -0.166. The van der Waals surface area contributed by atoms with Crippen molar-refractivity contribution in [1.29, 1.82) is 0 Å². The van der Waals surface area contributed by atoms with E-state index in [0.717, 1.165) is 18.4 Å². The largest absolute Gasteiger partial charge is 0.482 e. The third kappa shape index (κ3) is 4.46. The number of hydrogen-bond acceptors (Lipinski definition) is 3. The van der Waals surface area contributed by atoms with Crippen LogP contribution in [0.1, 0.15) is 39.2 Å². The summed E-state index contributed by atoms with van der Waals surface area (Å²) in [6, 6.07) is 4.82. The van der Waals surface area contributed by atoms with Crippen LogP contribution in [-0.4, -0.2) is 35.9 Å². The second-order valence-corrected chi connectivity index (χ2v) is 8.13. The van der Waals surface area contributed by atoms with Gasteiger partial charge >= 0.3 is 0 Å². The molecule has 2 amide bonds. The first kappa shape index (κ1) is 19.6. The average Bonchev–Trinajstić information content (AvgIpc) is 2.52. The van der Waals surface area contributed by atoms with Gasteiger partial charge in [-0.1, -0.05) is 44.5 Å². The number of para-hydroxylation sites is 1. The van der Waals surface area contributed by atoms with Crippen LogP contribution < -0.4 is 10.5 Å². The normalized spacial score (nSPS) is 21.1. The molecule has 2 N–H and O–H groups in total. The summed E-state index contributed by atoms with van der Waals surface area (Å²) in [5.41, 5.74) is 6.39. The fraction of sp³-hybridized carbons (Fsp3) is 0.579. The van der Waals surface area contributed by atoms with Gasteiger partial charge in [-0.05, 0) is 42.7 Å². The van der Waals surface area contributed by atoms with Crippen LogP contribution in [0.2, 0.25) is 5.02 Å². The highest BCUT2D eigenvalue weighted by Crippen LogP contribution is 2.38. The Hall–Kier alpha value is -1.75. The summed E-state index contributed by atoms with van der Waals surface area (Å²) in [5, 5.41) is 0.463. The van der Waals surface area contributed by atoms with Gasteiger partial charge in [-0.3, -0.25) is 9.59 Å². The van der Waals surface area contributed by atoms with Gasteiger partial charge in [0.1, 0.15) is 11.8 Å². The fourth-order valence-electron chi connectivity index (χ4n) is 3.55. The molecule has 1 fully saturated rings. The first-order chi connectivity index (χ1) is 11.6. The van der Waals surface area contributed by atoms with Crippen molar-refractivity contribution in [3.8, 4) is 5.75 Å². The summed E-state index contributed by atoms with van der Waals surface area (Å²) in [7, 11) is 0. The minimum atomic E-state index is -0.600. The number of benzene rings is 1. The highest BCUT2D eigenvalue weighted by atomic mass is 35.5. The molecule has 1 aromatic rings. The zero-order valence-electron chi connectivity index (χ0n) is 15.3. The lowest BCUT2D eigenvalue weighted by molar-refractivity contribution is -0.147. The highest BCUT2D eigenvalue weighted by molar-refractivity contribution is 6.32. The average molecular weight is 367 g/mol. The number of carbonyl (C=O) groups excluding carboxylic acids is 2. The van der Waals surface area contributed by atoms with Crippen LogP contribution in [0.4, 0.5) is 0 Å². The van der Waals surface area contributed by atoms with Gasteiger partial charge in [-0.2, -0.15) is 0 Å². The van der Waals surface area contributed by atoms with E-state index in [1.165, 1.54) is 0 Å². The molecular formula is C19H27ClN2O3. The highest BCUT2D eigenvalue weighted by Gasteiger charge is 2.43. The Kier molecular flexibility index (Phi) is 5.99. The molecule has 6 heteroatoms. The molecule has 0 bridgehead atoms. The maximum absolute atomic E-state index is 12.7. The molecule has 2 rings (SSSR count). The Labute approximate surface area is 154 Å². The molecule has 0 aromatic heterocycles. The summed E-state index contributed by atoms with van der Waals surface area (Å²) in [4.78, 5) is 26.4. The van der Waals surface area contributed by atoms with Gasteiger partial charge in [0.15, 0.2) is 6.61 Å². The quantitative estimate of drug-likeness (QED) is 0.889. The number of halogens is 1. The Morgan fingerprint density at radius 1 is 1.36 bits per heavy atom. The Morgan fingerprint density at radius 2 is 2.04 bits per heavy atom. The van der Waals surface area contributed by atoms with E-state index in [9.17, 15) is 9.59 Å². The first-order valence-corrected chi connectivity index (χ1v) is 8.97. The molecule has 0 spiro atoms. The number of aryl methyl sites for hydroxylation is 1. The number of carbonyl (C=O) groups is 2. The van der Waals surface area contributed by atoms with Gasteiger partial charge in [0.25, 0.3) is 5.91 Å². The van der Waals surface area contributed by atoms with E-state index in [2.05, 4.69) is 20.8 Å². The van der Waals surface area contributed by atoms with Crippen LogP contribution in [0.15, 0.2) is 18.2 Å². The lowest BCUT2D eigenvalue weighted by atomic mass is 9.71. The molecule has 0 unspecified atom stereocenters. The summed E-state index contributed by atoms with van der Waals surface area (Å²) >= 11 is 6.14. The molecule has 1 aliphatic heterocycles. The van der Waals surface area contributed by atoms with Gasteiger partial charge in [-0.25, -0.2) is 0 Å². The molecule has 0 aliphatic carbocycles. The SMILES string of the molecule is Cc1cccc(Cl)c1OCC(=O)N1CCC[C@H](C(C)(C)C)[C@@H]1C(N)=O. The van der Waals surface area contributed by atoms with Crippen molar-refractivity contribution >= 4 is 23.4 Å². The maximum atomic E-state index is 12.7. The number of nitrogens with two attached hydrogens (primary N) is 1. The molecule has 1 heterocycles. The van der Waals surface area contributed by atoms with E-state index in [1.54, 1.807) is 11.0 Å². The van der Waals surface area contributed by atoms with Crippen LogP contribution in [0, 0.1) is 18.3 Å². The minimum absolute atomic E-state index is 0.0322. The predicted octanol–water partition coefficient (Wildman–Crippen LogP) is 3.17. The number of hydrogen-bond donors (Lipinski definition) is 1. The zero-order chi connectivity index (χ0) is 18.8. The number of ether oxygens (including phenoxy) is 1. The maximum Gasteiger partial charge on any atom is 0.261 e. The number of rotatable bonds is 4. The standard InChI is InChI=1S/C19H27ClN2O3/c1-12-7-5-9-14(20)17(12)25-11-15(23)22-10-6-8-13(19(2,3)4)16(22)18(21)24/h5,7,9,13,16H,6,8,10-11H2,1-4H3,(H2,21,24)/t13-,16+/m0/s1. The van der Waals surface area contributed by atoms with E-state index >= 15 is 0 Å². The second kappa shape index (κ2) is 7.65. The van der Waals surface area contributed by atoms with E-state index < -0.39 is 11.9 Å². The first-order valence-electron chi connectivity index (χ1n) is 8.59. The van der Waals surface area contributed by atoms with Crippen molar-refractivity contribution in [2.45, 2.75) is 46.6 Å². The number of piperidine rings is 1. The summed E-state index contributed by atoms with van der Waals surface area (Å²) < 4.78 is 5.66. The van der Waals surface area contributed by atoms with E-state index in [-0.39, 0.29) is 23.8 Å². The van der Waals surface area contributed by atoms with Crippen molar-refractivity contribution < 1.29 is 14.3 Å². The van der Waals surface area contributed by atoms with Crippen molar-refractivity contribution in [1.82, 2.24) is 4.90 Å². The Morgan fingerprint density at radius 3 is 2.60 bits per heavy atom. The third-order valence-corrected chi connectivity index (χ3v) is 5.16. The third-order valence-electron chi connectivity index (χ3n) is 4.86. The zero-order valence-corrected chi connectivity index (χ0v) is 16.1. The van der Waals surface area contributed by atoms with Crippen LogP contribution in [0.3, 0.4) is 0 Å². The van der Waals surface area contributed by atoms with Gasteiger partial charge in [0.2, 0.25) is 5.91 Å². The topological polar surface area (TPSA) is 72.6 Å². The summed E-state index contributed by atoms with van der Waals surface area (Å²) in [6.07, 6.45) is 1.73. The number of nitrogens with zero attached hydrogens (tertiary/aromatic N) is 1. The van der Waals surface area contributed by atoms with Crippen LogP contribution >= 0.6 is 11.6 Å². The van der Waals surface area contributed by atoms with Crippen molar-refractivity contribution in [3.05, 3.63) is 28.8 Å². The molecule has 25 heavy (non-hydrogen) atoms. The van der Waals surface area contributed by atoms with Gasteiger partial charge in [-0.15, -0.1) is 0 Å². The van der Waals surface area contributed by atoms with Crippen LogP contribution in [-0.2, 0) is 9.59 Å². The monoisotopic (exact) mass is 366 g/mol. The van der Waals surface area contributed by atoms with E-state index in [1.807, 2.05) is 19.1 Å². The predicted molar refractivity (Wildman–Crippen MR) is 98.6 cm³/mol. The smallest absolute Gasteiger partial charge is 0.261 e. The van der Waals surface area contributed by atoms with E-state index in [0.29, 0.717) is 17.3 Å². The number of likely N-dealkylation sites (tertiary alicyclic amines) is 1. The van der Waals surface area contributed by atoms with Gasteiger partial charge in [0.05, 0.1) is 5.02 Å². The molecule has 5 nitrogen and oxygen atoms in total. The molecule has 0 saturated carbocycles.